The van der Waals surface area contributed by atoms with E-state index in [-0.39, 0.29) is 18.0 Å². The molecule has 2 heteroatoms. The summed E-state index contributed by atoms with van der Waals surface area (Å²) in [6, 6.07) is 0. The molecule has 15 heavy (non-hydrogen) atoms. The molecule has 0 saturated carbocycles. The lowest BCUT2D eigenvalue weighted by atomic mass is 10.1. The van der Waals surface area contributed by atoms with Crippen LogP contribution in [-0.4, -0.2) is 11.6 Å². The fourth-order valence-corrected chi connectivity index (χ4v) is 1.21. The van der Waals surface area contributed by atoms with Crippen LogP contribution in [0, 0.1) is 0 Å². The lowest BCUT2D eigenvalue weighted by Crippen LogP contribution is -2.01. The smallest absolute Gasteiger partial charge is 0.163 e. The lowest BCUT2D eigenvalue weighted by molar-refractivity contribution is -0.121. The second-order valence-electron chi connectivity index (χ2n) is 3.57. The van der Waals surface area contributed by atoms with E-state index in [1.165, 1.54) is 31.4 Å². The zero-order valence-electron chi connectivity index (χ0n) is 9.50. The van der Waals surface area contributed by atoms with Gasteiger partial charge in [0, 0.05) is 0 Å². The highest BCUT2D eigenvalue weighted by Gasteiger charge is 2.01. The van der Waals surface area contributed by atoms with E-state index in [0.29, 0.717) is 0 Å². The van der Waals surface area contributed by atoms with Crippen LogP contribution in [0.1, 0.15) is 45.4 Å². The number of rotatable bonds is 9. The maximum atomic E-state index is 11.1. The van der Waals surface area contributed by atoms with Gasteiger partial charge in [-0.05, 0) is 25.0 Å². The minimum atomic E-state index is -0.212. The van der Waals surface area contributed by atoms with Gasteiger partial charge in [-0.15, -0.1) is 0 Å². The van der Waals surface area contributed by atoms with E-state index in [9.17, 15) is 9.59 Å². The van der Waals surface area contributed by atoms with E-state index >= 15 is 0 Å². The molecule has 0 aromatic rings. The summed E-state index contributed by atoms with van der Waals surface area (Å²) in [6.45, 7) is 5.48. The highest BCUT2D eigenvalue weighted by molar-refractivity contribution is 6.08. The van der Waals surface area contributed by atoms with Crippen LogP contribution in [0.15, 0.2) is 24.8 Å². The van der Waals surface area contributed by atoms with Crippen molar-refractivity contribution in [1.82, 2.24) is 0 Å². The molecule has 0 aromatic carbocycles. The number of hydrogen-bond acceptors (Lipinski definition) is 2. The summed E-state index contributed by atoms with van der Waals surface area (Å²) in [5, 5.41) is 0. The molecule has 0 atom stereocenters. The van der Waals surface area contributed by atoms with Gasteiger partial charge in [0.2, 0.25) is 0 Å². The molecular formula is C13H20O2. The van der Waals surface area contributed by atoms with Crippen molar-refractivity contribution in [3.63, 3.8) is 0 Å². The first-order valence-corrected chi connectivity index (χ1v) is 5.55. The van der Waals surface area contributed by atoms with E-state index < -0.39 is 0 Å². The molecule has 0 N–H and O–H groups in total. The van der Waals surface area contributed by atoms with Crippen LogP contribution >= 0.6 is 0 Å². The van der Waals surface area contributed by atoms with Gasteiger partial charge in [-0.3, -0.25) is 9.59 Å². The van der Waals surface area contributed by atoms with E-state index in [2.05, 4.69) is 13.5 Å². The van der Waals surface area contributed by atoms with Crippen molar-refractivity contribution >= 4 is 11.6 Å². The zero-order valence-corrected chi connectivity index (χ0v) is 9.50. The van der Waals surface area contributed by atoms with Crippen LogP contribution in [0.3, 0.4) is 0 Å². The summed E-state index contributed by atoms with van der Waals surface area (Å²) in [5.74, 6) is -0.342. The minimum Gasteiger partial charge on any atom is -0.294 e. The van der Waals surface area contributed by atoms with Gasteiger partial charge in [0.15, 0.2) is 11.6 Å². The molecule has 0 amide bonds. The van der Waals surface area contributed by atoms with Gasteiger partial charge >= 0.3 is 0 Å². The third-order valence-corrected chi connectivity index (χ3v) is 2.10. The Morgan fingerprint density at radius 1 is 1.13 bits per heavy atom. The van der Waals surface area contributed by atoms with Gasteiger partial charge in [0.1, 0.15) is 0 Å². The van der Waals surface area contributed by atoms with E-state index in [0.717, 1.165) is 12.8 Å². The number of unbranched alkanes of at least 4 members (excludes halogenated alkanes) is 4. The van der Waals surface area contributed by atoms with E-state index in [1.54, 1.807) is 0 Å². The summed E-state index contributed by atoms with van der Waals surface area (Å²) in [6.07, 6.45) is 10.2. The Balaban J connectivity index is 3.54. The first kappa shape index (κ1) is 13.8. The van der Waals surface area contributed by atoms with Gasteiger partial charge in [-0.25, -0.2) is 0 Å². The first-order chi connectivity index (χ1) is 7.20. The Bertz CT molecular complexity index is 239. The number of ketones is 2. The normalized spacial score (nSPS) is 10.5. The summed E-state index contributed by atoms with van der Waals surface area (Å²) in [4.78, 5) is 22.0. The summed E-state index contributed by atoms with van der Waals surface area (Å²) in [7, 11) is 0. The van der Waals surface area contributed by atoms with Crippen LogP contribution in [-0.2, 0) is 9.59 Å². The fourth-order valence-electron chi connectivity index (χ4n) is 1.21. The molecule has 0 radical (unpaired) electrons. The third kappa shape index (κ3) is 9.13. The van der Waals surface area contributed by atoms with Gasteiger partial charge in [-0.2, -0.15) is 0 Å². The Morgan fingerprint density at radius 2 is 1.87 bits per heavy atom. The molecule has 0 bridgehead atoms. The predicted molar refractivity (Wildman–Crippen MR) is 62.7 cm³/mol. The lowest BCUT2D eigenvalue weighted by Gasteiger charge is -1.94. The number of hydrogen-bond donors (Lipinski definition) is 0. The summed E-state index contributed by atoms with van der Waals surface area (Å²) >= 11 is 0. The molecule has 0 rings (SSSR count). The maximum Gasteiger partial charge on any atom is 0.163 e. The quantitative estimate of drug-likeness (QED) is 0.331. The number of carbonyl (C=O) groups excluding carboxylic acids is 2. The largest absolute Gasteiger partial charge is 0.294 e. The molecule has 0 aliphatic rings. The summed E-state index contributed by atoms with van der Waals surface area (Å²) in [5.41, 5.74) is 0. The highest BCUT2D eigenvalue weighted by Crippen LogP contribution is 2.03. The first-order valence-electron chi connectivity index (χ1n) is 5.55. The highest BCUT2D eigenvalue weighted by atomic mass is 16.1. The van der Waals surface area contributed by atoms with Crippen molar-refractivity contribution in [2.24, 2.45) is 0 Å². The fraction of sp³-hybridized carbons (Fsp3) is 0.538. The Morgan fingerprint density at radius 3 is 2.47 bits per heavy atom. The monoisotopic (exact) mass is 208 g/mol. The van der Waals surface area contributed by atoms with Crippen LogP contribution < -0.4 is 0 Å². The molecule has 0 aliphatic heterocycles. The van der Waals surface area contributed by atoms with Crippen molar-refractivity contribution in [3.8, 4) is 0 Å². The molecular weight excluding hydrogens is 188 g/mol. The van der Waals surface area contributed by atoms with Crippen molar-refractivity contribution in [3.05, 3.63) is 24.8 Å². The molecule has 2 nitrogen and oxygen atoms in total. The maximum absolute atomic E-state index is 11.1. The van der Waals surface area contributed by atoms with E-state index in [4.69, 9.17) is 0 Å². The molecule has 0 unspecified atom stereocenters. The topological polar surface area (TPSA) is 34.1 Å². The van der Waals surface area contributed by atoms with Crippen LogP contribution in [0.5, 0.6) is 0 Å². The summed E-state index contributed by atoms with van der Waals surface area (Å²) < 4.78 is 0. The second-order valence-corrected chi connectivity index (χ2v) is 3.57. The standard InChI is InChI=1S/C13H20O2/c1-3-5-6-7-8-9-10-13(15)11-12(14)4-2/h4,9-10H,2-3,5-8,11H2,1H3/b10-9+. The van der Waals surface area contributed by atoms with Crippen LogP contribution in [0.2, 0.25) is 0 Å². The molecule has 0 heterocycles. The predicted octanol–water partition coefficient (Wildman–Crippen LogP) is 3.23. The second kappa shape index (κ2) is 9.38. The Kier molecular flexibility index (Phi) is 8.64. The van der Waals surface area contributed by atoms with Crippen molar-refractivity contribution in [2.75, 3.05) is 0 Å². The van der Waals surface area contributed by atoms with E-state index in [1.807, 2.05) is 6.08 Å². The van der Waals surface area contributed by atoms with Gasteiger partial charge < -0.3 is 0 Å². The minimum absolute atomic E-state index is 0.0467. The van der Waals surface area contributed by atoms with Crippen LogP contribution in [0.25, 0.3) is 0 Å². The van der Waals surface area contributed by atoms with Gasteiger partial charge in [0.25, 0.3) is 0 Å². The molecule has 0 fully saturated rings. The average molecular weight is 208 g/mol. The van der Waals surface area contributed by atoms with Crippen molar-refractivity contribution < 1.29 is 9.59 Å². The molecule has 0 spiro atoms. The Labute approximate surface area is 92.1 Å². The van der Waals surface area contributed by atoms with Gasteiger partial charge in [-0.1, -0.05) is 38.8 Å². The third-order valence-electron chi connectivity index (χ3n) is 2.10. The molecule has 84 valence electrons. The number of allylic oxidation sites excluding steroid dienone is 3. The average Bonchev–Trinajstić information content (AvgIpc) is 2.23. The number of carbonyl (C=O) groups is 2. The molecule has 0 saturated heterocycles. The molecule has 0 aliphatic carbocycles. The Hall–Kier alpha value is -1.18. The zero-order chi connectivity index (χ0) is 11.5. The SMILES string of the molecule is C=CC(=O)CC(=O)/C=C/CCCCCC. The molecule has 0 aromatic heterocycles. The van der Waals surface area contributed by atoms with Crippen LogP contribution in [0.4, 0.5) is 0 Å². The van der Waals surface area contributed by atoms with Gasteiger partial charge in [0.05, 0.1) is 6.42 Å². The van der Waals surface area contributed by atoms with Crippen molar-refractivity contribution in [2.45, 2.75) is 45.4 Å². The van der Waals surface area contributed by atoms with Crippen molar-refractivity contribution in [1.29, 1.82) is 0 Å².